The Balaban J connectivity index is 1.61. The Labute approximate surface area is 126 Å². The molecule has 116 valence electrons. The fourth-order valence-corrected chi connectivity index (χ4v) is 5.43. The molecule has 2 amide bonds. The van der Waals surface area contributed by atoms with E-state index in [9.17, 15) is 9.59 Å². The van der Waals surface area contributed by atoms with Crippen LogP contribution in [0.15, 0.2) is 0 Å². The summed E-state index contributed by atoms with van der Waals surface area (Å²) < 4.78 is 0. The van der Waals surface area contributed by atoms with Crippen LogP contribution < -0.4 is 5.32 Å². The highest BCUT2D eigenvalue weighted by Gasteiger charge is 2.69. The lowest BCUT2D eigenvalue weighted by Gasteiger charge is -2.43. The maximum absolute atomic E-state index is 13.0. The maximum atomic E-state index is 13.0. The molecule has 0 aromatic heterocycles. The van der Waals surface area contributed by atoms with Crippen molar-refractivity contribution in [1.29, 1.82) is 0 Å². The number of rotatable bonds is 1. The van der Waals surface area contributed by atoms with Crippen LogP contribution in [0, 0.1) is 29.1 Å². The van der Waals surface area contributed by atoms with Gasteiger partial charge in [-0.05, 0) is 55.3 Å². The third-order valence-electron chi connectivity index (χ3n) is 6.47. The van der Waals surface area contributed by atoms with Crippen molar-refractivity contribution in [2.45, 2.75) is 65.1 Å². The van der Waals surface area contributed by atoms with Gasteiger partial charge in [-0.3, -0.25) is 9.59 Å². The zero-order valence-corrected chi connectivity index (χ0v) is 13.4. The minimum Gasteiger partial charge on any atom is -0.342 e. The summed E-state index contributed by atoms with van der Waals surface area (Å²) in [7, 11) is 0. The third-order valence-corrected chi connectivity index (χ3v) is 6.47. The molecule has 4 nitrogen and oxygen atoms in total. The molecule has 3 aliphatic carbocycles. The summed E-state index contributed by atoms with van der Waals surface area (Å²) >= 11 is 0. The van der Waals surface area contributed by atoms with Crippen LogP contribution in [-0.2, 0) is 9.59 Å². The van der Waals surface area contributed by atoms with Gasteiger partial charge in [-0.15, -0.1) is 0 Å². The van der Waals surface area contributed by atoms with Crippen LogP contribution in [0.5, 0.6) is 0 Å². The van der Waals surface area contributed by atoms with Gasteiger partial charge in [-0.1, -0.05) is 20.8 Å². The average Bonchev–Trinajstić information content (AvgIpc) is 2.80. The number of amides is 2. The van der Waals surface area contributed by atoms with Crippen LogP contribution >= 0.6 is 0 Å². The van der Waals surface area contributed by atoms with Gasteiger partial charge in [0.15, 0.2) is 0 Å². The van der Waals surface area contributed by atoms with Crippen LogP contribution in [-0.4, -0.2) is 34.8 Å². The molecule has 2 bridgehead atoms. The predicted octanol–water partition coefficient (Wildman–Crippen LogP) is 1.79. The normalized spacial score (nSPS) is 48.4. The SMILES string of the molecule is CC1C(=O)NC(C(C)(C)C)C(=O)N1C1C2C3CCC(C3)C21. The van der Waals surface area contributed by atoms with Crippen molar-refractivity contribution in [2.75, 3.05) is 0 Å². The lowest BCUT2D eigenvalue weighted by atomic mass is 9.83. The summed E-state index contributed by atoms with van der Waals surface area (Å²) in [6.07, 6.45) is 4.05. The van der Waals surface area contributed by atoms with E-state index < -0.39 is 0 Å². The van der Waals surface area contributed by atoms with Gasteiger partial charge >= 0.3 is 0 Å². The zero-order chi connectivity index (χ0) is 15.1. The molecule has 21 heavy (non-hydrogen) atoms. The fraction of sp³-hybridized carbons (Fsp3) is 0.882. The number of carbonyl (C=O) groups is 2. The molecule has 0 aromatic carbocycles. The first kappa shape index (κ1) is 13.6. The van der Waals surface area contributed by atoms with Crippen molar-refractivity contribution in [2.24, 2.45) is 29.1 Å². The molecule has 4 rings (SSSR count). The Kier molecular flexibility index (Phi) is 2.60. The van der Waals surface area contributed by atoms with Crippen LogP contribution in [0.4, 0.5) is 0 Å². The van der Waals surface area contributed by atoms with Crippen molar-refractivity contribution in [3.63, 3.8) is 0 Å². The average molecular weight is 290 g/mol. The monoisotopic (exact) mass is 290 g/mol. The molecule has 1 N–H and O–H groups in total. The second kappa shape index (κ2) is 4.02. The lowest BCUT2D eigenvalue weighted by molar-refractivity contribution is -0.153. The van der Waals surface area contributed by atoms with Gasteiger partial charge in [0.2, 0.25) is 11.8 Å². The highest BCUT2D eigenvalue weighted by atomic mass is 16.2. The van der Waals surface area contributed by atoms with Gasteiger partial charge in [-0.25, -0.2) is 0 Å². The summed E-state index contributed by atoms with van der Waals surface area (Å²) in [6.45, 7) is 7.98. The van der Waals surface area contributed by atoms with E-state index in [4.69, 9.17) is 0 Å². The van der Waals surface area contributed by atoms with E-state index in [0.717, 1.165) is 11.8 Å². The van der Waals surface area contributed by atoms with Gasteiger partial charge < -0.3 is 10.2 Å². The number of hydrogen-bond acceptors (Lipinski definition) is 2. The molecule has 6 unspecified atom stereocenters. The number of hydrogen-bond donors (Lipinski definition) is 1. The Bertz CT molecular complexity index is 493. The standard InChI is InChI=1S/C17H26N2O2/c1-8-15(20)18-14(17(2,3)4)16(21)19(8)13-11-9-5-6-10(7-9)12(11)13/h8-14H,5-7H2,1-4H3,(H,18,20). The van der Waals surface area contributed by atoms with E-state index in [2.05, 4.69) is 5.32 Å². The fourth-order valence-electron chi connectivity index (χ4n) is 5.43. The van der Waals surface area contributed by atoms with Gasteiger partial charge in [0.25, 0.3) is 0 Å². The summed E-state index contributed by atoms with van der Waals surface area (Å²) in [5.74, 6) is 3.20. The summed E-state index contributed by atoms with van der Waals surface area (Å²) in [5, 5.41) is 2.94. The molecule has 3 saturated carbocycles. The van der Waals surface area contributed by atoms with Gasteiger partial charge in [0.1, 0.15) is 12.1 Å². The lowest BCUT2D eigenvalue weighted by Crippen LogP contribution is -2.66. The molecule has 0 aromatic rings. The first-order valence-electron chi connectivity index (χ1n) is 8.43. The molecular weight excluding hydrogens is 264 g/mol. The van der Waals surface area contributed by atoms with Gasteiger partial charge in [-0.2, -0.15) is 0 Å². The Morgan fingerprint density at radius 2 is 1.67 bits per heavy atom. The molecule has 6 atom stereocenters. The molecule has 4 aliphatic rings. The minimum absolute atomic E-state index is 0.0202. The highest BCUT2D eigenvalue weighted by Crippen LogP contribution is 2.67. The van der Waals surface area contributed by atoms with Crippen LogP contribution in [0.3, 0.4) is 0 Å². The van der Waals surface area contributed by atoms with E-state index in [0.29, 0.717) is 17.9 Å². The smallest absolute Gasteiger partial charge is 0.246 e. The number of piperazine rings is 1. The first-order valence-corrected chi connectivity index (χ1v) is 8.43. The molecule has 0 radical (unpaired) electrons. The Morgan fingerprint density at radius 3 is 2.19 bits per heavy atom. The van der Waals surface area contributed by atoms with Crippen molar-refractivity contribution < 1.29 is 9.59 Å². The van der Waals surface area contributed by atoms with Crippen molar-refractivity contribution in [1.82, 2.24) is 10.2 Å². The van der Waals surface area contributed by atoms with Crippen LogP contribution in [0.1, 0.15) is 47.0 Å². The number of carbonyl (C=O) groups excluding carboxylic acids is 2. The Hall–Kier alpha value is -1.06. The second-order valence-electron chi connectivity index (χ2n) is 8.71. The van der Waals surface area contributed by atoms with Crippen molar-refractivity contribution >= 4 is 11.8 Å². The van der Waals surface area contributed by atoms with Crippen LogP contribution in [0.25, 0.3) is 0 Å². The quantitative estimate of drug-likeness (QED) is 0.800. The zero-order valence-electron chi connectivity index (χ0n) is 13.4. The van der Waals surface area contributed by atoms with Gasteiger partial charge in [0, 0.05) is 6.04 Å². The maximum Gasteiger partial charge on any atom is 0.246 e. The molecule has 1 heterocycles. The third kappa shape index (κ3) is 1.74. The number of nitrogens with one attached hydrogen (secondary N) is 1. The highest BCUT2D eigenvalue weighted by molar-refractivity contribution is 5.97. The van der Waals surface area contributed by atoms with E-state index in [1.54, 1.807) is 0 Å². The molecule has 1 aliphatic heterocycles. The van der Waals surface area contributed by atoms with Crippen LogP contribution in [0.2, 0.25) is 0 Å². The number of nitrogens with zero attached hydrogens (tertiary/aromatic N) is 1. The predicted molar refractivity (Wildman–Crippen MR) is 79.3 cm³/mol. The second-order valence-corrected chi connectivity index (χ2v) is 8.71. The van der Waals surface area contributed by atoms with Crippen molar-refractivity contribution in [3.8, 4) is 0 Å². The van der Waals surface area contributed by atoms with E-state index in [1.165, 1.54) is 19.3 Å². The summed E-state index contributed by atoms with van der Waals surface area (Å²) in [6, 6.07) is -0.319. The molecular formula is C17H26N2O2. The summed E-state index contributed by atoms with van der Waals surface area (Å²) in [5.41, 5.74) is -0.228. The molecule has 0 spiro atoms. The van der Waals surface area contributed by atoms with Gasteiger partial charge in [0.05, 0.1) is 0 Å². The number of fused-ring (bicyclic) bond motifs is 5. The van der Waals surface area contributed by atoms with E-state index >= 15 is 0 Å². The van der Waals surface area contributed by atoms with E-state index in [1.807, 2.05) is 32.6 Å². The summed E-state index contributed by atoms with van der Waals surface area (Å²) in [4.78, 5) is 27.3. The topological polar surface area (TPSA) is 49.4 Å². The molecule has 1 saturated heterocycles. The van der Waals surface area contributed by atoms with Crippen molar-refractivity contribution in [3.05, 3.63) is 0 Å². The molecule has 4 heteroatoms. The van der Waals surface area contributed by atoms with E-state index in [-0.39, 0.29) is 29.3 Å². The first-order chi connectivity index (χ1) is 9.80. The molecule has 4 fully saturated rings. The minimum atomic E-state index is -0.375. The Morgan fingerprint density at radius 1 is 1.10 bits per heavy atom. The largest absolute Gasteiger partial charge is 0.342 e.